The number of aromatic nitrogens is 1. The molecule has 1 heterocycles. The van der Waals surface area contributed by atoms with Crippen molar-refractivity contribution in [3.63, 3.8) is 0 Å². The van der Waals surface area contributed by atoms with E-state index in [0.29, 0.717) is 10.7 Å². The average molecular weight is 236 g/mol. The van der Waals surface area contributed by atoms with E-state index in [1.165, 1.54) is 5.69 Å². The van der Waals surface area contributed by atoms with Crippen molar-refractivity contribution in [2.45, 2.75) is 6.42 Å². The van der Waals surface area contributed by atoms with E-state index in [9.17, 15) is 0 Å². The Bertz CT molecular complexity index is 431. The van der Waals surface area contributed by atoms with E-state index in [1.807, 2.05) is 30.5 Å². The Labute approximate surface area is 99.6 Å². The van der Waals surface area contributed by atoms with Crippen LogP contribution in [0.25, 0.3) is 0 Å². The van der Waals surface area contributed by atoms with Gasteiger partial charge < -0.3 is 16.0 Å². The van der Waals surface area contributed by atoms with Crippen LogP contribution in [0.15, 0.2) is 36.5 Å². The number of H-pyrrole nitrogens is 1. The van der Waals surface area contributed by atoms with Gasteiger partial charge in [-0.2, -0.15) is 0 Å². The number of nitrogens with two attached hydrogens (primary N) is 1. The van der Waals surface area contributed by atoms with Crippen molar-refractivity contribution in [1.82, 2.24) is 4.98 Å². The Morgan fingerprint density at radius 3 is 2.81 bits per heavy atom. The number of halogens is 1. The van der Waals surface area contributed by atoms with Crippen LogP contribution in [0.4, 0.5) is 11.4 Å². The van der Waals surface area contributed by atoms with Crippen molar-refractivity contribution in [3.05, 3.63) is 47.2 Å². The molecule has 4 N–H and O–H groups in total. The number of nitrogens with one attached hydrogen (secondary N) is 2. The predicted octanol–water partition coefficient (Wildman–Crippen LogP) is 2.90. The zero-order chi connectivity index (χ0) is 11.4. The standard InChI is InChI=1S/C12H14ClN3/c13-10-4-1-5-11(14)12(10)16-8-6-9-3-2-7-15-9/h1-5,7,15-16H,6,8,14H2. The first-order valence-electron chi connectivity index (χ1n) is 5.17. The first-order valence-corrected chi connectivity index (χ1v) is 5.55. The summed E-state index contributed by atoms with van der Waals surface area (Å²) < 4.78 is 0. The third-order valence-electron chi connectivity index (χ3n) is 2.40. The fourth-order valence-electron chi connectivity index (χ4n) is 1.57. The molecule has 0 bridgehead atoms. The van der Waals surface area contributed by atoms with Gasteiger partial charge in [-0.25, -0.2) is 0 Å². The summed E-state index contributed by atoms with van der Waals surface area (Å²) in [6, 6.07) is 9.54. The lowest BCUT2D eigenvalue weighted by Crippen LogP contribution is -2.07. The number of nitrogen functional groups attached to an aromatic ring is 1. The van der Waals surface area contributed by atoms with Crippen LogP contribution in [0.1, 0.15) is 5.69 Å². The van der Waals surface area contributed by atoms with Crippen LogP contribution in [0.3, 0.4) is 0 Å². The maximum absolute atomic E-state index is 6.04. The molecular formula is C12H14ClN3. The minimum Gasteiger partial charge on any atom is -0.397 e. The molecule has 1 aromatic heterocycles. The highest BCUT2D eigenvalue weighted by molar-refractivity contribution is 6.33. The number of hydrogen-bond donors (Lipinski definition) is 3. The summed E-state index contributed by atoms with van der Waals surface area (Å²) in [4.78, 5) is 3.15. The zero-order valence-electron chi connectivity index (χ0n) is 8.83. The van der Waals surface area contributed by atoms with Gasteiger partial charge in [0.15, 0.2) is 0 Å². The number of rotatable bonds is 4. The van der Waals surface area contributed by atoms with Gasteiger partial charge in [-0.3, -0.25) is 0 Å². The molecule has 3 nitrogen and oxygen atoms in total. The summed E-state index contributed by atoms with van der Waals surface area (Å²) in [5, 5.41) is 3.90. The van der Waals surface area contributed by atoms with Crippen molar-refractivity contribution in [2.24, 2.45) is 0 Å². The van der Waals surface area contributed by atoms with E-state index in [2.05, 4.69) is 16.4 Å². The molecule has 0 aliphatic carbocycles. The molecule has 2 rings (SSSR count). The summed E-state index contributed by atoms with van der Waals surface area (Å²) in [5.74, 6) is 0. The number of hydrogen-bond acceptors (Lipinski definition) is 2. The van der Waals surface area contributed by atoms with Gasteiger partial charge in [0.1, 0.15) is 0 Å². The molecule has 0 aliphatic rings. The summed E-state index contributed by atoms with van der Waals surface area (Å²) in [6.07, 6.45) is 2.83. The van der Waals surface area contributed by atoms with E-state index >= 15 is 0 Å². The van der Waals surface area contributed by atoms with E-state index in [0.717, 1.165) is 18.7 Å². The fraction of sp³-hybridized carbons (Fsp3) is 0.167. The smallest absolute Gasteiger partial charge is 0.0763 e. The Balaban J connectivity index is 1.95. The van der Waals surface area contributed by atoms with Gasteiger partial charge in [-0.05, 0) is 24.3 Å². The third-order valence-corrected chi connectivity index (χ3v) is 2.72. The van der Waals surface area contributed by atoms with Gasteiger partial charge in [0.2, 0.25) is 0 Å². The highest BCUT2D eigenvalue weighted by atomic mass is 35.5. The molecule has 4 heteroatoms. The lowest BCUT2D eigenvalue weighted by Gasteiger charge is -2.10. The minimum atomic E-state index is 0.659. The summed E-state index contributed by atoms with van der Waals surface area (Å²) >= 11 is 6.04. The Hall–Kier alpha value is -1.61. The second kappa shape index (κ2) is 4.94. The first kappa shape index (κ1) is 10.9. The van der Waals surface area contributed by atoms with E-state index in [1.54, 1.807) is 0 Å². The number of para-hydroxylation sites is 1. The van der Waals surface area contributed by atoms with Crippen molar-refractivity contribution in [3.8, 4) is 0 Å². The Morgan fingerprint density at radius 1 is 1.25 bits per heavy atom. The van der Waals surface area contributed by atoms with E-state index in [-0.39, 0.29) is 0 Å². The van der Waals surface area contributed by atoms with Crippen molar-refractivity contribution in [1.29, 1.82) is 0 Å². The maximum atomic E-state index is 6.04. The average Bonchev–Trinajstić information content (AvgIpc) is 2.75. The number of anilines is 2. The minimum absolute atomic E-state index is 0.659. The van der Waals surface area contributed by atoms with Crippen LogP contribution in [-0.4, -0.2) is 11.5 Å². The van der Waals surface area contributed by atoms with Crippen LogP contribution >= 0.6 is 11.6 Å². The van der Waals surface area contributed by atoms with E-state index in [4.69, 9.17) is 17.3 Å². The van der Waals surface area contributed by atoms with Crippen molar-refractivity contribution < 1.29 is 0 Å². The summed E-state index contributed by atoms with van der Waals surface area (Å²) in [5.41, 5.74) is 8.51. The molecule has 16 heavy (non-hydrogen) atoms. The highest BCUT2D eigenvalue weighted by Gasteiger charge is 2.03. The number of aromatic amines is 1. The largest absolute Gasteiger partial charge is 0.397 e. The second-order valence-electron chi connectivity index (χ2n) is 3.58. The summed E-state index contributed by atoms with van der Waals surface area (Å²) in [6.45, 7) is 0.800. The first-order chi connectivity index (χ1) is 7.77. The van der Waals surface area contributed by atoms with Gasteiger partial charge in [-0.15, -0.1) is 0 Å². The molecule has 0 amide bonds. The molecule has 0 spiro atoms. The molecule has 0 fully saturated rings. The van der Waals surface area contributed by atoms with Gasteiger partial charge in [0, 0.05) is 24.9 Å². The quantitative estimate of drug-likeness (QED) is 0.714. The normalized spacial score (nSPS) is 10.3. The number of benzene rings is 1. The zero-order valence-corrected chi connectivity index (χ0v) is 9.59. The van der Waals surface area contributed by atoms with Crippen LogP contribution in [0.2, 0.25) is 5.02 Å². The Kier molecular flexibility index (Phi) is 3.37. The van der Waals surface area contributed by atoms with E-state index < -0.39 is 0 Å². The molecular weight excluding hydrogens is 222 g/mol. The highest BCUT2D eigenvalue weighted by Crippen LogP contribution is 2.27. The van der Waals surface area contributed by atoms with Crippen LogP contribution < -0.4 is 11.1 Å². The molecule has 0 unspecified atom stereocenters. The topological polar surface area (TPSA) is 53.8 Å². The van der Waals surface area contributed by atoms with Gasteiger partial charge >= 0.3 is 0 Å². The SMILES string of the molecule is Nc1cccc(Cl)c1NCCc1ccc[nH]1. The van der Waals surface area contributed by atoms with Crippen LogP contribution in [0.5, 0.6) is 0 Å². The molecule has 0 atom stereocenters. The second-order valence-corrected chi connectivity index (χ2v) is 3.98. The molecule has 2 aromatic rings. The molecule has 0 saturated carbocycles. The van der Waals surface area contributed by atoms with Crippen molar-refractivity contribution >= 4 is 23.0 Å². The van der Waals surface area contributed by atoms with Gasteiger partial charge in [0.25, 0.3) is 0 Å². The van der Waals surface area contributed by atoms with Crippen molar-refractivity contribution in [2.75, 3.05) is 17.6 Å². The third kappa shape index (κ3) is 2.49. The Morgan fingerprint density at radius 2 is 2.12 bits per heavy atom. The summed E-state index contributed by atoms with van der Waals surface area (Å²) in [7, 11) is 0. The van der Waals surface area contributed by atoms with Crippen LogP contribution in [0, 0.1) is 0 Å². The van der Waals surface area contributed by atoms with Gasteiger partial charge in [-0.1, -0.05) is 17.7 Å². The molecule has 0 radical (unpaired) electrons. The monoisotopic (exact) mass is 235 g/mol. The molecule has 1 aromatic carbocycles. The molecule has 0 aliphatic heterocycles. The van der Waals surface area contributed by atoms with Gasteiger partial charge in [0.05, 0.1) is 16.4 Å². The molecule has 84 valence electrons. The maximum Gasteiger partial charge on any atom is 0.0763 e. The lowest BCUT2D eigenvalue weighted by atomic mass is 10.2. The predicted molar refractivity (Wildman–Crippen MR) is 68.9 cm³/mol. The molecule has 0 saturated heterocycles. The van der Waals surface area contributed by atoms with Crippen LogP contribution in [-0.2, 0) is 6.42 Å². The fourth-order valence-corrected chi connectivity index (χ4v) is 1.82. The lowest BCUT2D eigenvalue weighted by molar-refractivity contribution is 0.978.